The lowest BCUT2D eigenvalue weighted by Crippen LogP contribution is -2.10. The molecular formula is C25H36N4. The Hall–Kier alpha value is -2.62. The van der Waals surface area contributed by atoms with Gasteiger partial charge in [0.15, 0.2) is 0 Å². The summed E-state index contributed by atoms with van der Waals surface area (Å²) in [5.41, 5.74) is 14.1. The number of allylic oxidation sites excluding steroid dienone is 1. The average Bonchev–Trinajstić information content (AvgIpc) is 2.77. The predicted octanol–water partition coefficient (Wildman–Crippen LogP) is 5.55. The lowest BCUT2D eigenvalue weighted by Gasteiger charge is -2.16. The predicted molar refractivity (Wildman–Crippen MR) is 127 cm³/mol. The van der Waals surface area contributed by atoms with Crippen molar-refractivity contribution in [3.63, 3.8) is 0 Å². The molecule has 2 rings (SSSR count). The number of anilines is 1. The lowest BCUT2D eigenvalue weighted by atomic mass is 10.0. The zero-order valence-corrected chi connectivity index (χ0v) is 18.7. The van der Waals surface area contributed by atoms with Gasteiger partial charge in [0.1, 0.15) is 5.82 Å². The first-order chi connectivity index (χ1) is 14.1. The van der Waals surface area contributed by atoms with E-state index in [0.717, 1.165) is 61.4 Å². The van der Waals surface area contributed by atoms with Gasteiger partial charge in [0, 0.05) is 31.1 Å². The molecule has 29 heavy (non-hydrogen) atoms. The third-order valence-corrected chi connectivity index (χ3v) is 5.38. The van der Waals surface area contributed by atoms with Crippen molar-refractivity contribution in [2.75, 3.05) is 12.4 Å². The molecule has 0 bridgehead atoms. The summed E-state index contributed by atoms with van der Waals surface area (Å²) in [4.78, 5) is 9.37. The van der Waals surface area contributed by atoms with Gasteiger partial charge in [0.2, 0.25) is 0 Å². The Morgan fingerprint density at radius 1 is 1.00 bits per heavy atom. The van der Waals surface area contributed by atoms with E-state index in [-0.39, 0.29) is 0 Å². The summed E-state index contributed by atoms with van der Waals surface area (Å²) >= 11 is 0. The average molecular weight is 393 g/mol. The molecule has 1 aromatic carbocycles. The molecular weight excluding hydrogens is 356 g/mol. The van der Waals surface area contributed by atoms with Crippen LogP contribution in [0.4, 0.5) is 5.82 Å². The molecule has 0 saturated carbocycles. The van der Waals surface area contributed by atoms with E-state index in [2.05, 4.69) is 68.3 Å². The number of benzene rings is 1. The first kappa shape index (κ1) is 22.7. The molecule has 0 spiro atoms. The summed E-state index contributed by atoms with van der Waals surface area (Å²) in [6.45, 7) is 9.49. The Morgan fingerprint density at radius 2 is 1.72 bits per heavy atom. The summed E-state index contributed by atoms with van der Waals surface area (Å²) in [5, 5.41) is 3.58. The Labute approximate surface area is 176 Å². The smallest absolute Gasteiger partial charge is 0.130 e. The second kappa shape index (κ2) is 11.4. The zero-order chi connectivity index (χ0) is 21.2. The molecule has 0 aliphatic heterocycles. The van der Waals surface area contributed by atoms with Crippen molar-refractivity contribution in [2.45, 2.75) is 66.3 Å². The van der Waals surface area contributed by atoms with Crippen LogP contribution in [0, 0.1) is 0 Å². The summed E-state index contributed by atoms with van der Waals surface area (Å²) in [6, 6.07) is 11.0. The SMILES string of the molecule is CCCC(=NC)C(=CN)c1ccc(CC)c(NCc2ccc(CC)cc2CC)n1. The van der Waals surface area contributed by atoms with Crippen LogP contribution in [0.2, 0.25) is 0 Å². The molecule has 0 aliphatic rings. The van der Waals surface area contributed by atoms with Crippen LogP contribution >= 0.6 is 0 Å². The summed E-state index contributed by atoms with van der Waals surface area (Å²) < 4.78 is 0. The van der Waals surface area contributed by atoms with E-state index in [1.165, 1.54) is 22.3 Å². The normalized spacial score (nSPS) is 12.3. The molecule has 0 unspecified atom stereocenters. The van der Waals surface area contributed by atoms with Crippen molar-refractivity contribution in [3.8, 4) is 0 Å². The van der Waals surface area contributed by atoms with Crippen molar-refractivity contribution >= 4 is 17.1 Å². The maximum Gasteiger partial charge on any atom is 0.130 e. The van der Waals surface area contributed by atoms with Gasteiger partial charge in [0.25, 0.3) is 0 Å². The fourth-order valence-electron chi connectivity index (χ4n) is 3.59. The van der Waals surface area contributed by atoms with Crippen LogP contribution < -0.4 is 11.1 Å². The molecule has 0 amide bonds. The minimum atomic E-state index is 0.766. The second-order valence-electron chi connectivity index (χ2n) is 7.22. The van der Waals surface area contributed by atoms with Gasteiger partial charge < -0.3 is 11.1 Å². The highest BCUT2D eigenvalue weighted by atomic mass is 15.0. The number of hydrogen-bond acceptors (Lipinski definition) is 4. The highest BCUT2D eigenvalue weighted by Crippen LogP contribution is 2.23. The Bertz CT molecular complexity index is 865. The quantitative estimate of drug-likeness (QED) is 0.521. The van der Waals surface area contributed by atoms with Crippen LogP contribution in [-0.4, -0.2) is 17.7 Å². The van der Waals surface area contributed by atoms with Gasteiger partial charge in [-0.3, -0.25) is 4.99 Å². The van der Waals surface area contributed by atoms with E-state index in [4.69, 9.17) is 10.7 Å². The number of nitrogens with one attached hydrogen (secondary N) is 1. The van der Waals surface area contributed by atoms with E-state index >= 15 is 0 Å². The van der Waals surface area contributed by atoms with Gasteiger partial charge in [-0.15, -0.1) is 0 Å². The van der Waals surface area contributed by atoms with Gasteiger partial charge in [0.05, 0.1) is 5.69 Å². The van der Waals surface area contributed by atoms with Gasteiger partial charge >= 0.3 is 0 Å². The maximum absolute atomic E-state index is 5.96. The third-order valence-electron chi connectivity index (χ3n) is 5.38. The summed E-state index contributed by atoms with van der Waals surface area (Å²) in [6.07, 6.45) is 6.58. The van der Waals surface area contributed by atoms with E-state index < -0.39 is 0 Å². The number of rotatable bonds is 10. The maximum atomic E-state index is 5.96. The van der Waals surface area contributed by atoms with Crippen LogP contribution in [0.15, 0.2) is 41.5 Å². The largest absolute Gasteiger partial charge is 0.404 e. The molecule has 4 heteroatoms. The van der Waals surface area contributed by atoms with Crippen LogP contribution in [0.5, 0.6) is 0 Å². The van der Waals surface area contributed by atoms with Crippen molar-refractivity contribution in [1.82, 2.24) is 4.98 Å². The molecule has 1 heterocycles. The summed E-state index contributed by atoms with van der Waals surface area (Å²) in [7, 11) is 1.82. The first-order valence-electron chi connectivity index (χ1n) is 10.8. The first-order valence-corrected chi connectivity index (χ1v) is 10.8. The number of aromatic nitrogens is 1. The van der Waals surface area contributed by atoms with E-state index in [9.17, 15) is 0 Å². The fourth-order valence-corrected chi connectivity index (χ4v) is 3.59. The topological polar surface area (TPSA) is 63.3 Å². The van der Waals surface area contributed by atoms with Crippen molar-refractivity contribution in [2.24, 2.45) is 10.7 Å². The monoisotopic (exact) mass is 392 g/mol. The van der Waals surface area contributed by atoms with Crippen molar-refractivity contribution < 1.29 is 0 Å². The van der Waals surface area contributed by atoms with Crippen LogP contribution in [0.1, 0.15) is 68.5 Å². The standard InChI is InChI=1S/C25H36N4/c1-6-10-23(27-5)22(16-26)24-14-13-19(8-3)25(29-24)28-17-21-12-11-18(7-2)15-20(21)9-4/h11-16H,6-10,17,26H2,1-5H3,(H,28,29). The van der Waals surface area contributed by atoms with Crippen LogP contribution in [0.3, 0.4) is 0 Å². The van der Waals surface area contributed by atoms with E-state index in [1.807, 2.05) is 7.05 Å². The highest BCUT2D eigenvalue weighted by Gasteiger charge is 2.13. The Kier molecular flexibility index (Phi) is 8.91. The Balaban J connectivity index is 2.32. The van der Waals surface area contributed by atoms with Crippen molar-refractivity contribution in [3.05, 3.63) is 64.5 Å². The number of nitrogens with two attached hydrogens (primary N) is 1. The van der Waals surface area contributed by atoms with E-state index in [0.29, 0.717) is 0 Å². The number of nitrogens with zero attached hydrogens (tertiary/aromatic N) is 2. The number of pyridine rings is 1. The number of aliphatic imine (C=N–C) groups is 1. The lowest BCUT2D eigenvalue weighted by molar-refractivity contribution is 0.989. The number of aryl methyl sites for hydroxylation is 3. The van der Waals surface area contributed by atoms with Gasteiger partial charge in [-0.05, 0) is 54.0 Å². The summed E-state index contributed by atoms with van der Waals surface area (Å²) in [5.74, 6) is 0.929. The minimum Gasteiger partial charge on any atom is -0.404 e. The van der Waals surface area contributed by atoms with Crippen LogP contribution in [0.25, 0.3) is 5.57 Å². The third kappa shape index (κ3) is 5.69. The highest BCUT2D eigenvalue weighted by molar-refractivity contribution is 6.23. The molecule has 1 aromatic heterocycles. The molecule has 0 radical (unpaired) electrons. The van der Waals surface area contributed by atoms with E-state index in [1.54, 1.807) is 6.20 Å². The van der Waals surface area contributed by atoms with Gasteiger partial charge in [-0.2, -0.15) is 0 Å². The minimum absolute atomic E-state index is 0.766. The molecule has 0 fully saturated rings. The zero-order valence-electron chi connectivity index (χ0n) is 18.7. The molecule has 0 saturated heterocycles. The molecule has 0 aliphatic carbocycles. The Morgan fingerprint density at radius 3 is 2.31 bits per heavy atom. The fraction of sp³-hybridized carbons (Fsp3) is 0.440. The molecule has 3 N–H and O–H groups in total. The van der Waals surface area contributed by atoms with Crippen LogP contribution in [-0.2, 0) is 25.8 Å². The van der Waals surface area contributed by atoms with Crippen molar-refractivity contribution in [1.29, 1.82) is 0 Å². The van der Waals surface area contributed by atoms with Gasteiger partial charge in [-0.1, -0.05) is 58.4 Å². The second-order valence-corrected chi connectivity index (χ2v) is 7.22. The molecule has 0 atom stereocenters. The molecule has 4 nitrogen and oxygen atoms in total. The number of hydrogen-bond donors (Lipinski definition) is 2. The van der Waals surface area contributed by atoms with Gasteiger partial charge in [-0.25, -0.2) is 4.98 Å². The molecule has 2 aromatic rings. The molecule has 156 valence electrons.